The monoisotopic (exact) mass is 205 g/mol. The summed E-state index contributed by atoms with van der Waals surface area (Å²) < 4.78 is 10.2. The lowest BCUT2D eigenvalue weighted by Crippen LogP contribution is -2.09. The van der Waals surface area contributed by atoms with Crippen molar-refractivity contribution in [2.45, 2.75) is 12.8 Å². The van der Waals surface area contributed by atoms with E-state index in [9.17, 15) is 0 Å². The highest BCUT2D eigenvalue weighted by molar-refractivity contribution is 6.16. The Labute approximate surface area is 81.4 Å². The van der Waals surface area contributed by atoms with E-state index < -0.39 is 0 Å². The maximum Gasteiger partial charge on any atom is 0.315 e. The van der Waals surface area contributed by atoms with Crippen LogP contribution in [0.1, 0.15) is 12.8 Å². The van der Waals surface area contributed by atoms with Gasteiger partial charge in [-0.25, -0.2) is 0 Å². The number of ether oxygens (including phenoxy) is 1. The van der Waals surface area contributed by atoms with E-state index in [-0.39, 0.29) is 5.88 Å². The van der Waals surface area contributed by atoms with Gasteiger partial charge in [-0.3, -0.25) is 0 Å². The van der Waals surface area contributed by atoms with Crippen LogP contribution in [0.5, 0.6) is 0 Å². The topological polar surface area (TPSA) is 60.2 Å². The third kappa shape index (κ3) is 3.61. The largest absolute Gasteiger partial charge is 0.407 e. The van der Waals surface area contributed by atoms with Gasteiger partial charge >= 0.3 is 6.01 Å². The molecule has 5 nitrogen and oxygen atoms in total. The van der Waals surface area contributed by atoms with Crippen LogP contribution < -0.4 is 5.32 Å². The second-order valence-corrected chi connectivity index (χ2v) is 2.53. The molecule has 74 valence electrons. The lowest BCUT2D eigenvalue weighted by Gasteiger charge is -2.00. The number of hydrogen-bond acceptors (Lipinski definition) is 5. The molecular weight excluding hydrogens is 194 g/mol. The number of aromatic nitrogens is 2. The summed E-state index contributed by atoms with van der Waals surface area (Å²) in [5, 5.41) is 10.3. The Balaban J connectivity index is 2.20. The summed E-state index contributed by atoms with van der Waals surface area (Å²) in [5.41, 5.74) is 0. The zero-order valence-electron chi connectivity index (χ0n) is 7.42. The first kappa shape index (κ1) is 10.3. The number of hydrogen-bond donors (Lipinski definition) is 1. The zero-order valence-corrected chi connectivity index (χ0v) is 8.17. The van der Waals surface area contributed by atoms with Gasteiger partial charge in [0.2, 0.25) is 5.89 Å². The van der Waals surface area contributed by atoms with Crippen LogP contribution in [-0.4, -0.2) is 30.0 Å². The third-order valence-electron chi connectivity index (χ3n) is 1.31. The van der Waals surface area contributed by atoms with E-state index in [1.165, 1.54) is 0 Å². The zero-order chi connectivity index (χ0) is 9.52. The van der Waals surface area contributed by atoms with E-state index in [4.69, 9.17) is 20.8 Å². The van der Waals surface area contributed by atoms with Crippen LogP contribution in [0, 0.1) is 0 Å². The molecule has 1 rings (SSSR count). The molecule has 0 bridgehead atoms. The minimum Gasteiger partial charge on any atom is -0.407 e. The summed E-state index contributed by atoms with van der Waals surface area (Å²) in [4.78, 5) is 0. The first-order valence-electron chi connectivity index (χ1n) is 4.06. The molecule has 0 aliphatic heterocycles. The molecule has 0 unspecified atom stereocenters. The smallest absolute Gasteiger partial charge is 0.315 e. The van der Waals surface area contributed by atoms with E-state index in [2.05, 4.69) is 15.5 Å². The Morgan fingerprint density at radius 1 is 1.54 bits per heavy atom. The molecule has 13 heavy (non-hydrogen) atoms. The van der Waals surface area contributed by atoms with Gasteiger partial charge in [-0.2, -0.15) is 0 Å². The van der Waals surface area contributed by atoms with Gasteiger partial charge in [0.05, 0.1) is 6.61 Å². The molecule has 0 aliphatic carbocycles. The molecule has 6 heteroatoms. The molecule has 0 saturated carbocycles. The van der Waals surface area contributed by atoms with Crippen molar-refractivity contribution in [1.82, 2.24) is 10.2 Å². The standard InChI is InChI=1S/C7H12ClN3O2/c1-2-12-4-3-9-7-11-10-6(5-8)13-7/h2-5H2,1H3,(H,9,11). The normalized spacial score (nSPS) is 10.3. The van der Waals surface area contributed by atoms with Gasteiger partial charge in [0, 0.05) is 13.2 Å². The summed E-state index contributed by atoms with van der Waals surface area (Å²) in [7, 11) is 0. The van der Waals surface area contributed by atoms with Crippen LogP contribution >= 0.6 is 11.6 Å². The third-order valence-corrected chi connectivity index (χ3v) is 1.54. The van der Waals surface area contributed by atoms with Crippen LogP contribution in [0.25, 0.3) is 0 Å². The van der Waals surface area contributed by atoms with Crippen molar-refractivity contribution >= 4 is 17.6 Å². The maximum atomic E-state index is 5.48. The Morgan fingerprint density at radius 2 is 2.38 bits per heavy atom. The fourth-order valence-electron chi connectivity index (χ4n) is 0.754. The van der Waals surface area contributed by atoms with Crippen molar-refractivity contribution in [1.29, 1.82) is 0 Å². The fraction of sp³-hybridized carbons (Fsp3) is 0.714. The molecule has 0 atom stereocenters. The van der Waals surface area contributed by atoms with Gasteiger partial charge in [-0.15, -0.1) is 16.7 Å². The van der Waals surface area contributed by atoms with Gasteiger partial charge < -0.3 is 14.5 Å². The molecule has 1 aromatic heterocycles. The van der Waals surface area contributed by atoms with Gasteiger partial charge in [0.1, 0.15) is 5.88 Å². The predicted octanol–water partition coefficient (Wildman–Crippen LogP) is 1.26. The van der Waals surface area contributed by atoms with Crippen LogP contribution in [-0.2, 0) is 10.6 Å². The maximum absolute atomic E-state index is 5.48. The molecule has 1 heterocycles. The Bertz CT molecular complexity index is 241. The Hall–Kier alpha value is -0.810. The highest BCUT2D eigenvalue weighted by Gasteiger charge is 2.02. The van der Waals surface area contributed by atoms with Gasteiger partial charge in [0.15, 0.2) is 0 Å². The van der Waals surface area contributed by atoms with Crippen molar-refractivity contribution in [2.24, 2.45) is 0 Å². The quantitative estimate of drug-likeness (QED) is 0.560. The SMILES string of the molecule is CCOCCNc1nnc(CCl)o1. The Kier molecular flexibility index (Phi) is 4.56. The van der Waals surface area contributed by atoms with Gasteiger partial charge in [-0.1, -0.05) is 5.10 Å². The van der Waals surface area contributed by atoms with E-state index in [0.717, 1.165) is 0 Å². The number of nitrogens with one attached hydrogen (secondary N) is 1. The van der Waals surface area contributed by atoms with Gasteiger partial charge in [0.25, 0.3) is 0 Å². The average Bonchev–Trinajstić information content (AvgIpc) is 2.60. The van der Waals surface area contributed by atoms with Crippen LogP contribution in [0.2, 0.25) is 0 Å². The highest BCUT2D eigenvalue weighted by atomic mass is 35.5. The van der Waals surface area contributed by atoms with E-state index >= 15 is 0 Å². The molecule has 1 N–H and O–H groups in total. The molecule has 0 fully saturated rings. The molecular formula is C7H12ClN3O2. The van der Waals surface area contributed by atoms with Crippen molar-refractivity contribution in [3.05, 3.63) is 5.89 Å². The molecule has 0 saturated heterocycles. The van der Waals surface area contributed by atoms with E-state index in [1.54, 1.807) is 0 Å². The minimum atomic E-state index is 0.236. The number of anilines is 1. The highest BCUT2D eigenvalue weighted by Crippen LogP contribution is 2.06. The second-order valence-electron chi connectivity index (χ2n) is 2.26. The van der Waals surface area contributed by atoms with Crippen LogP contribution in [0.4, 0.5) is 6.01 Å². The summed E-state index contributed by atoms with van der Waals surface area (Å²) >= 11 is 5.48. The van der Waals surface area contributed by atoms with Crippen molar-refractivity contribution in [3.63, 3.8) is 0 Å². The number of halogens is 1. The average molecular weight is 206 g/mol. The van der Waals surface area contributed by atoms with Gasteiger partial charge in [-0.05, 0) is 6.92 Å². The van der Waals surface area contributed by atoms with Crippen molar-refractivity contribution in [2.75, 3.05) is 25.1 Å². The summed E-state index contributed by atoms with van der Waals surface area (Å²) in [5.74, 6) is 0.653. The second kappa shape index (κ2) is 5.77. The summed E-state index contributed by atoms with van der Waals surface area (Å²) in [6.07, 6.45) is 0. The van der Waals surface area contributed by atoms with Crippen molar-refractivity contribution in [3.8, 4) is 0 Å². The van der Waals surface area contributed by atoms with Crippen LogP contribution in [0.15, 0.2) is 4.42 Å². The lowest BCUT2D eigenvalue weighted by molar-refractivity contribution is 0.157. The molecule has 0 amide bonds. The first-order valence-corrected chi connectivity index (χ1v) is 4.60. The minimum absolute atomic E-state index is 0.236. The fourth-order valence-corrected chi connectivity index (χ4v) is 0.862. The van der Waals surface area contributed by atoms with Crippen LogP contribution in [0.3, 0.4) is 0 Å². The Morgan fingerprint density at radius 3 is 3.00 bits per heavy atom. The summed E-state index contributed by atoms with van der Waals surface area (Å²) in [6.45, 7) is 3.92. The molecule has 0 spiro atoms. The molecule has 1 aromatic rings. The summed E-state index contributed by atoms with van der Waals surface area (Å²) in [6, 6.07) is 0.385. The molecule has 0 aromatic carbocycles. The van der Waals surface area contributed by atoms with Crippen molar-refractivity contribution < 1.29 is 9.15 Å². The number of rotatable bonds is 6. The first-order chi connectivity index (χ1) is 6.36. The molecule has 0 aliphatic rings. The number of nitrogens with zero attached hydrogens (tertiary/aromatic N) is 2. The molecule has 0 radical (unpaired) electrons. The van der Waals surface area contributed by atoms with E-state index in [0.29, 0.717) is 31.7 Å². The van der Waals surface area contributed by atoms with E-state index in [1.807, 2.05) is 6.92 Å². The predicted molar refractivity (Wildman–Crippen MR) is 48.8 cm³/mol. The lowest BCUT2D eigenvalue weighted by atomic mass is 10.7. The number of alkyl halides is 1.